The van der Waals surface area contributed by atoms with Gasteiger partial charge in [-0.15, -0.1) is 12.4 Å². The number of carbonyl (C=O) groups excluding carboxylic acids is 1. The van der Waals surface area contributed by atoms with Crippen LogP contribution in [-0.4, -0.2) is 23.8 Å². The third kappa shape index (κ3) is 9.37. The Bertz CT molecular complexity index is 436. The standard InChI is InChI=1S/C11H15N.C5H5N.CHClO.ClH/c1-3-7-11(8-4-1)12-9-5-2-6-10-12;1-2-4-6-5-3-1;2-1-3;/h1,3-4,7-8H,2,5-6,9-10H2;1-5H;1H;1H. The van der Waals surface area contributed by atoms with Gasteiger partial charge in [-0.05, 0) is 55.1 Å². The number of hydrogen-bond donors (Lipinski definition) is 0. The molecule has 2 heterocycles. The normalized spacial score (nSPS) is 12.5. The number of rotatable bonds is 1. The van der Waals surface area contributed by atoms with E-state index in [9.17, 15) is 0 Å². The zero-order valence-electron chi connectivity index (χ0n) is 12.5. The number of para-hydroxylation sites is 1. The third-order valence-corrected chi connectivity index (χ3v) is 3.04. The van der Waals surface area contributed by atoms with Gasteiger partial charge in [0.2, 0.25) is 5.75 Å². The molecule has 0 bridgehead atoms. The quantitative estimate of drug-likeness (QED) is 0.562. The van der Waals surface area contributed by atoms with E-state index in [1.165, 1.54) is 38.0 Å². The Labute approximate surface area is 143 Å². The topological polar surface area (TPSA) is 33.2 Å². The van der Waals surface area contributed by atoms with Gasteiger partial charge in [0.25, 0.3) is 0 Å². The van der Waals surface area contributed by atoms with E-state index in [0.29, 0.717) is 0 Å². The fourth-order valence-electron chi connectivity index (χ4n) is 2.10. The van der Waals surface area contributed by atoms with Crippen molar-refractivity contribution in [1.82, 2.24) is 4.98 Å². The minimum absolute atomic E-state index is 0. The SMILES string of the molecule is Cl.O=CCl.c1ccc(N2CCCCC2)cc1.c1ccncc1. The first kappa shape index (κ1) is 20.4. The molecule has 1 aromatic heterocycles. The first-order chi connectivity index (χ1) is 10.4. The van der Waals surface area contributed by atoms with Crippen LogP contribution in [0.4, 0.5) is 5.69 Å². The van der Waals surface area contributed by atoms with E-state index in [1.807, 2.05) is 18.2 Å². The highest BCUT2D eigenvalue weighted by atomic mass is 35.5. The Kier molecular flexibility index (Phi) is 13.3. The van der Waals surface area contributed by atoms with E-state index >= 15 is 0 Å². The Balaban J connectivity index is 0.000000374. The molecule has 0 radical (unpaired) electrons. The zero-order valence-corrected chi connectivity index (χ0v) is 14.0. The summed E-state index contributed by atoms with van der Waals surface area (Å²) in [5.41, 5.74) is 1.39. The maximum Gasteiger partial charge on any atom is 0.208 e. The first-order valence-electron chi connectivity index (χ1n) is 7.07. The molecule has 1 fully saturated rings. The molecule has 0 amide bonds. The molecule has 0 spiro atoms. The van der Waals surface area contributed by atoms with Gasteiger partial charge in [-0.1, -0.05) is 24.3 Å². The summed E-state index contributed by atoms with van der Waals surface area (Å²) < 4.78 is 0. The summed E-state index contributed by atoms with van der Waals surface area (Å²) in [5.74, 6) is 0.222. The molecular formula is C17H22Cl2N2O. The van der Waals surface area contributed by atoms with Crippen molar-refractivity contribution in [1.29, 1.82) is 0 Å². The summed E-state index contributed by atoms with van der Waals surface area (Å²) in [5, 5.41) is 0. The van der Waals surface area contributed by atoms with E-state index in [2.05, 4.69) is 51.8 Å². The van der Waals surface area contributed by atoms with Crippen molar-refractivity contribution in [2.45, 2.75) is 19.3 Å². The molecule has 3 rings (SSSR count). The molecule has 0 atom stereocenters. The van der Waals surface area contributed by atoms with Gasteiger partial charge in [0, 0.05) is 31.2 Å². The number of halogens is 2. The lowest BCUT2D eigenvalue weighted by atomic mass is 10.1. The molecule has 1 aromatic carbocycles. The average molecular weight is 341 g/mol. The Hall–Kier alpha value is -1.58. The van der Waals surface area contributed by atoms with E-state index in [4.69, 9.17) is 4.79 Å². The summed E-state index contributed by atoms with van der Waals surface area (Å²) in [6.45, 7) is 2.48. The van der Waals surface area contributed by atoms with Gasteiger partial charge in [-0.2, -0.15) is 0 Å². The molecule has 5 heteroatoms. The van der Waals surface area contributed by atoms with Crippen LogP contribution in [-0.2, 0) is 4.79 Å². The molecule has 0 N–H and O–H groups in total. The number of carbonyl (C=O) groups is 1. The smallest absolute Gasteiger partial charge is 0.208 e. The van der Waals surface area contributed by atoms with Gasteiger partial charge in [0.1, 0.15) is 0 Å². The minimum Gasteiger partial charge on any atom is -0.372 e. The van der Waals surface area contributed by atoms with Gasteiger partial charge in [-0.3, -0.25) is 9.78 Å². The maximum atomic E-state index is 8.57. The molecule has 1 aliphatic rings. The van der Waals surface area contributed by atoms with Gasteiger partial charge >= 0.3 is 0 Å². The van der Waals surface area contributed by atoms with Crippen molar-refractivity contribution in [2.24, 2.45) is 0 Å². The third-order valence-electron chi connectivity index (χ3n) is 3.04. The van der Waals surface area contributed by atoms with Crippen LogP contribution in [0.2, 0.25) is 0 Å². The lowest BCUT2D eigenvalue weighted by molar-refractivity contribution is 0.569. The van der Waals surface area contributed by atoms with Crippen molar-refractivity contribution in [3.8, 4) is 0 Å². The molecule has 22 heavy (non-hydrogen) atoms. The van der Waals surface area contributed by atoms with Crippen LogP contribution in [0.5, 0.6) is 0 Å². The highest BCUT2D eigenvalue weighted by Crippen LogP contribution is 2.18. The predicted octanol–water partition coefficient (Wildman–Crippen LogP) is 4.60. The van der Waals surface area contributed by atoms with Gasteiger partial charge in [0.05, 0.1) is 0 Å². The number of benzene rings is 1. The van der Waals surface area contributed by atoms with Crippen LogP contribution in [0.25, 0.3) is 0 Å². The second kappa shape index (κ2) is 14.4. The van der Waals surface area contributed by atoms with Gasteiger partial charge in [-0.25, -0.2) is 0 Å². The van der Waals surface area contributed by atoms with E-state index < -0.39 is 0 Å². The summed E-state index contributed by atoms with van der Waals surface area (Å²) in [6.07, 6.45) is 7.62. The summed E-state index contributed by atoms with van der Waals surface area (Å²) in [4.78, 5) is 14.8. The summed E-state index contributed by atoms with van der Waals surface area (Å²) >= 11 is 4.32. The van der Waals surface area contributed by atoms with E-state index in [1.54, 1.807) is 12.4 Å². The molecular weight excluding hydrogens is 319 g/mol. The first-order valence-corrected chi connectivity index (χ1v) is 7.51. The van der Waals surface area contributed by atoms with Crippen LogP contribution < -0.4 is 4.90 Å². The number of pyridine rings is 1. The zero-order chi connectivity index (χ0) is 15.2. The lowest BCUT2D eigenvalue weighted by Crippen LogP contribution is -2.29. The fourth-order valence-corrected chi connectivity index (χ4v) is 2.10. The lowest BCUT2D eigenvalue weighted by Gasteiger charge is -2.28. The molecule has 0 unspecified atom stereocenters. The van der Waals surface area contributed by atoms with E-state index in [-0.39, 0.29) is 18.2 Å². The summed E-state index contributed by atoms with van der Waals surface area (Å²) in [7, 11) is 0. The number of nitrogens with zero attached hydrogens (tertiary/aromatic N) is 2. The molecule has 1 saturated heterocycles. The number of piperidine rings is 1. The van der Waals surface area contributed by atoms with Crippen LogP contribution in [0.15, 0.2) is 60.9 Å². The second-order valence-corrected chi connectivity index (χ2v) is 4.68. The Morgan fingerprint density at radius 3 is 1.82 bits per heavy atom. The fraction of sp³-hybridized carbons (Fsp3) is 0.294. The minimum atomic E-state index is 0. The molecule has 3 nitrogen and oxygen atoms in total. The number of anilines is 1. The Morgan fingerprint density at radius 1 is 0.909 bits per heavy atom. The maximum absolute atomic E-state index is 8.57. The van der Waals surface area contributed by atoms with Gasteiger partial charge < -0.3 is 4.90 Å². The van der Waals surface area contributed by atoms with Crippen molar-refractivity contribution < 1.29 is 4.79 Å². The Morgan fingerprint density at radius 2 is 1.41 bits per heavy atom. The van der Waals surface area contributed by atoms with Crippen LogP contribution in [0, 0.1) is 0 Å². The van der Waals surface area contributed by atoms with E-state index in [0.717, 1.165) is 0 Å². The highest BCUT2D eigenvalue weighted by Gasteiger charge is 2.09. The summed E-state index contributed by atoms with van der Waals surface area (Å²) in [6, 6.07) is 16.4. The molecule has 0 saturated carbocycles. The van der Waals surface area contributed by atoms with Crippen molar-refractivity contribution in [3.05, 3.63) is 60.9 Å². The van der Waals surface area contributed by atoms with Crippen molar-refractivity contribution >= 4 is 35.4 Å². The van der Waals surface area contributed by atoms with Crippen LogP contribution in [0.3, 0.4) is 0 Å². The molecule has 120 valence electrons. The second-order valence-electron chi connectivity index (χ2n) is 4.50. The monoisotopic (exact) mass is 340 g/mol. The van der Waals surface area contributed by atoms with Crippen molar-refractivity contribution in [2.75, 3.05) is 18.0 Å². The number of hydrogen-bond acceptors (Lipinski definition) is 3. The molecule has 0 aliphatic carbocycles. The van der Waals surface area contributed by atoms with Crippen molar-refractivity contribution in [3.63, 3.8) is 0 Å². The molecule has 2 aromatic rings. The van der Waals surface area contributed by atoms with Gasteiger partial charge in [0.15, 0.2) is 0 Å². The van der Waals surface area contributed by atoms with Crippen LogP contribution >= 0.6 is 24.0 Å². The van der Waals surface area contributed by atoms with Crippen LogP contribution in [0.1, 0.15) is 19.3 Å². The molecule has 1 aliphatic heterocycles. The largest absolute Gasteiger partial charge is 0.372 e. The predicted molar refractivity (Wildman–Crippen MR) is 96.6 cm³/mol. The number of aromatic nitrogens is 1. The average Bonchev–Trinajstić information content (AvgIpc) is 2.59. The highest BCUT2D eigenvalue weighted by molar-refractivity contribution is 6.54.